The van der Waals surface area contributed by atoms with Crippen LogP contribution in [0.4, 0.5) is 0 Å². The van der Waals surface area contributed by atoms with Crippen molar-refractivity contribution in [2.45, 2.75) is 296 Å². The Morgan fingerprint density at radius 2 is 0.333 bits per heavy atom. The molecule has 0 heterocycles. The van der Waals surface area contributed by atoms with E-state index in [0.717, 1.165) is 25.7 Å². The van der Waals surface area contributed by atoms with Gasteiger partial charge in [-0.3, -0.25) is 4.79 Å². The molecule has 1 heteroatoms. The maximum absolute atomic E-state index is 12.2. The van der Waals surface area contributed by atoms with Gasteiger partial charge in [0.15, 0.2) is 0 Å². The quantitative estimate of drug-likeness (QED) is 0.0588. The van der Waals surface area contributed by atoms with Crippen LogP contribution < -0.4 is 0 Å². The average molecular weight is 675 g/mol. The third kappa shape index (κ3) is 43.7. The highest BCUT2D eigenvalue weighted by Crippen LogP contribution is 2.18. The Kier molecular flexibility index (Phi) is 44.4. The highest BCUT2D eigenvalue weighted by Gasteiger charge is 2.03. The maximum atomic E-state index is 12.2. The molecule has 0 saturated carbocycles. The summed E-state index contributed by atoms with van der Waals surface area (Å²) < 4.78 is 0. The number of carbonyl (C=O) groups excluding carboxylic acids is 1. The van der Waals surface area contributed by atoms with E-state index in [1.54, 1.807) is 0 Å². The summed E-state index contributed by atoms with van der Waals surface area (Å²) in [6, 6.07) is 0. The van der Waals surface area contributed by atoms with E-state index < -0.39 is 0 Å². The highest BCUT2D eigenvalue weighted by atomic mass is 16.1. The third-order valence-corrected chi connectivity index (χ3v) is 11.1. The first-order valence-electron chi connectivity index (χ1n) is 23.3. The van der Waals surface area contributed by atoms with Gasteiger partial charge >= 0.3 is 0 Å². The summed E-state index contributed by atoms with van der Waals surface area (Å²) in [5.41, 5.74) is 0. The largest absolute Gasteiger partial charge is 0.300 e. The normalized spacial score (nSPS) is 11.5. The summed E-state index contributed by atoms with van der Waals surface area (Å²) in [4.78, 5) is 12.2. The Balaban J connectivity index is 3.13. The summed E-state index contributed by atoms with van der Waals surface area (Å²) in [5.74, 6) is 0.531. The Morgan fingerprint density at radius 1 is 0.208 bits per heavy atom. The molecule has 0 spiro atoms. The van der Waals surface area contributed by atoms with Gasteiger partial charge in [-0.25, -0.2) is 0 Å². The Labute approximate surface area is 306 Å². The van der Waals surface area contributed by atoms with E-state index in [9.17, 15) is 4.79 Å². The van der Waals surface area contributed by atoms with Crippen molar-refractivity contribution >= 4 is 5.78 Å². The zero-order chi connectivity index (χ0) is 34.7. The first-order valence-corrected chi connectivity index (χ1v) is 23.3. The average Bonchev–Trinajstić information content (AvgIpc) is 3.09. The molecule has 0 fully saturated rings. The molecular weight excluding hydrogens is 581 g/mol. The van der Waals surface area contributed by atoms with Crippen molar-refractivity contribution < 1.29 is 4.79 Å². The third-order valence-electron chi connectivity index (χ3n) is 11.1. The summed E-state index contributed by atoms with van der Waals surface area (Å²) in [6.07, 6.45) is 61.3. The van der Waals surface area contributed by atoms with Gasteiger partial charge in [-0.15, -0.1) is 0 Å². The number of carbonyl (C=O) groups is 1. The van der Waals surface area contributed by atoms with Gasteiger partial charge in [-0.1, -0.05) is 271 Å². The summed E-state index contributed by atoms with van der Waals surface area (Å²) in [7, 11) is 0. The topological polar surface area (TPSA) is 17.1 Å². The van der Waals surface area contributed by atoms with Crippen LogP contribution in [0.2, 0.25) is 0 Å². The van der Waals surface area contributed by atoms with Crippen LogP contribution in [-0.4, -0.2) is 5.78 Å². The monoisotopic (exact) mass is 675 g/mol. The second-order valence-corrected chi connectivity index (χ2v) is 16.2. The molecule has 0 aliphatic carbocycles. The Hall–Kier alpha value is -0.330. The van der Waals surface area contributed by atoms with Crippen LogP contribution in [0, 0.1) is 0 Å². The second-order valence-electron chi connectivity index (χ2n) is 16.2. The first-order chi connectivity index (χ1) is 23.8. The van der Waals surface area contributed by atoms with Crippen LogP contribution in [-0.2, 0) is 4.79 Å². The molecule has 0 aliphatic heterocycles. The van der Waals surface area contributed by atoms with Crippen LogP contribution in [0.5, 0.6) is 0 Å². The molecule has 0 aromatic rings. The van der Waals surface area contributed by atoms with Crippen molar-refractivity contribution in [1.82, 2.24) is 0 Å². The van der Waals surface area contributed by atoms with E-state index in [2.05, 4.69) is 13.8 Å². The van der Waals surface area contributed by atoms with Gasteiger partial charge in [-0.2, -0.15) is 0 Å². The minimum Gasteiger partial charge on any atom is -0.300 e. The zero-order valence-electron chi connectivity index (χ0n) is 34.0. The van der Waals surface area contributed by atoms with Crippen molar-refractivity contribution in [2.24, 2.45) is 0 Å². The second kappa shape index (κ2) is 44.7. The molecule has 0 radical (unpaired) electrons. The Bertz CT molecular complexity index is 567. The van der Waals surface area contributed by atoms with Gasteiger partial charge in [-0.05, 0) is 12.8 Å². The molecular formula is C47H94O. The number of rotatable bonds is 44. The van der Waals surface area contributed by atoms with Crippen LogP contribution in [0.15, 0.2) is 0 Å². The number of unbranched alkanes of at least 4 members (excludes halogenated alkanes) is 40. The smallest absolute Gasteiger partial charge is 0.132 e. The molecule has 48 heavy (non-hydrogen) atoms. The predicted molar refractivity (Wildman–Crippen MR) is 220 cm³/mol. The van der Waals surface area contributed by atoms with Crippen molar-refractivity contribution in [2.75, 3.05) is 0 Å². The minimum atomic E-state index is 0.531. The molecule has 1 nitrogen and oxygen atoms in total. The van der Waals surface area contributed by atoms with E-state index in [1.807, 2.05) is 0 Å². The summed E-state index contributed by atoms with van der Waals surface area (Å²) in [6.45, 7) is 4.60. The fraction of sp³-hybridized carbons (Fsp3) is 0.979. The van der Waals surface area contributed by atoms with Crippen molar-refractivity contribution in [3.63, 3.8) is 0 Å². The number of ketones is 1. The van der Waals surface area contributed by atoms with Crippen molar-refractivity contribution in [3.8, 4) is 0 Å². The molecule has 0 aliphatic rings. The molecule has 0 atom stereocenters. The number of hydrogen-bond donors (Lipinski definition) is 0. The summed E-state index contributed by atoms with van der Waals surface area (Å²) >= 11 is 0. The maximum Gasteiger partial charge on any atom is 0.132 e. The van der Waals surface area contributed by atoms with Crippen LogP contribution >= 0.6 is 0 Å². The molecule has 0 amide bonds. The number of Topliss-reactive ketones (excluding diaryl/α,β-unsaturated/α-hetero) is 1. The van der Waals surface area contributed by atoms with Gasteiger partial charge in [0, 0.05) is 12.8 Å². The van der Waals surface area contributed by atoms with E-state index in [0.29, 0.717) is 5.78 Å². The minimum absolute atomic E-state index is 0.531. The van der Waals surface area contributed by atoms with Gasteiger partial charge in [0.1, 0.15) is 5.78 Å². The standard InChI is InChI=1S/C47H94O/c1-3-5-7-9-11-13-15-17-19-20-21-22-23-24-25-26-27-28-29-30-31-32-34-36-38-40-42-44-46-47(48)45-43-41-39-37-35-33-18-16-14-12-10-8-6-4-2/h3-46H2,1-2H3. The molecule has 288 valence electrons. The number of hydrogen-bond acceptors (Lipinski definition) is 1. The lowest BCUT2D eigenvalue weighted by Gasteiger charge is -2.05. The van der Waals surface area contributed by atoms with Crippen LogP contribution in [0.25, 0.3) is 0 Å². The molecule has 0 unspecified atom stereocenters. The van der Waals surface area contributed by atoms with Gasteiger partial charge in [0.25, 0.3) is 0 Å². The van der Waals surface area contributed by atoms with Gasteiger partial charge in [0.2, 0.25) is 0 Å². The molecule has 0 rings (SSSR count). The SMILES string of the molecule is CCCCCCCCCCCCCCCCCCCCCCCCCCCCCCC(=O)CCCCCCCCCCCCCCCC. The summed E-state index contributed by atoms with van der Waals surface area (Å²) in [5, 5.41) is 0. The lowest BCUT2D eigenvalue weighted by atomic mass is 10.0. The van der Waals surface area contributed by atoms with Crippen LogP contribution in [0.3, 0.4) is 0 Å². The van der Waals surface area contributed by atoms with E-state index in [-0.39, 0.29) is 0 Å². The molecule has 0 aromatic carbocycles. The molecule has 0 aromatic heterocycles. The van der Waals surface area contributed by atoms with E-state index >= 15 is 0 Å². The molecule has 0 N–H and O–H groups in total. The van der Waals surface area contributed by atoms with Gasteiger partial charge in [0.05, 0.1) is 0 Å². The predicted octanol–water partition coefficient (Wildman–Crippen LogP) is 17.8. The van der Waals surface area contributed by atoms with E-state index in [4.69, 9.17) is 0 Å². The molecule has 0 bridgehead atoms. The van der Waals surface area contributed by atoms with Crippen molar-refractivity contribution in [3.05, 3.63) is 0 Å². The fourth-order valence-corrected chi connectivity index (χ4v) is 7.63. The lowest BCUT2D eigenvalue weighted by Crippen LogP contribution is -1.97. The first kappa shape index (κ1) is 47.7. The lowest BCUT2D eigenvalue weighted by molar-refractivity contribution is -0.119. The molecule has 0 saturated heterocycles. The van der Waals surface area contributed by atoms with E-state index in [1.165, 1.54) is 257 Å². The Morgan fingerprint density at radius 3 is 0.479 bits per heavy atom. The fourth-order valence-electron chi connectivity index (χ4n) is 7.63. The highest BCUT2D eigenvalue weighted by molar-refractivity contribution is 5.78. The zero-order valence-corrected chi connectivity index (χ0v) is 34.0. The van der Waals surface area contributed by atoms with Gasteiger partial charge < -0.3 is 0 Å². The van der Waals surface area contributed by atoms with Crippen LogP contribution in [0.1, 0.15) is 296 Å². The van der Waals surface area contributed by atoms with Crippen molar-refractivity contribution in [1.29, 1.82) is 0 Å².